The predicted molar refractivity (Wildman–Crippen MR) is 68.8 cm³/mol. The standard InChI is InChI=1S/C15H12N2O/c18-14-7-3-6-13-11(14)8-10-9-4-1-2-5-12(9)16-15(10)17-13/h1-2,4-5,8,13H,3,6-7H2. The zero-order valence-corrected chi connectivity index (χ0v) is 9.89. The van der Waals surface area contributed by atoms with E-state index in [1.54, 1.807) is 0 Å². The Morgan fingerprint density at radius 2 is 2.11 bits per heavy atom. The van der Waals surface area contributed by atoms with E-state index >= 15 is 0 Å². The van der Waals surface area contributed by atoms with Crippen LogP contribution in [0.2, 0.25) is 0 Å². The van der Waals surface area contributed by atoms with Gasteiger partial charge < -0.3 is 0 Å². The van der Waals surface area contributed by atoms with Crippen molar-refractivity contribution in [2.45, 2.75) is 25.3 Å². The van der Waals surface area contributed by atoms with E-state index in [1.165, 1.54) is 0 Å². The molecule has 1 atom stereocenters. The molecule has 0 aromatic heterocycles. The molecule has 0 saturated heterocycles. The third-order valence-corrected chi connectivity index (χ3v) is 3.80. The van der Waals surface area contributed by atoms with Crippen molar-refractivity contribution in [2.75, 3.05) is 0 Å². The van der Waals surface area contributed by atoms with E-state index in [1.807, 2.05) is 30.3 Å². The lowest BCUT2D eigenvalue weighted by molar-refractivity contribution is -0.116. The zero-order chi connectivity index (χ0) is 12.1. The van der Waals surface area contributed by atoms with Gasteiger partial charge in [0.05, 0.1) is 11.4 Å². The molecule has 2 heterocycles. The molecule has 1 aromatic carbocycles. The number of aliphatic imine (C=N–C) groups is 1. The number of rotatable bonds is 0. The highest BCUT2D eigenvalue weighted by molar-refractivity contribution is 6.25. The van der Waals surface area contributed by atoms with Crippen molar-refractivity contribution in [2.24, 2.45) is 9.98 Å². The largest absolute Gasteiger partial charge is 0.294 e. The summed E-state index contributed by atoms with van der Waals surface area (Å²) in [7, 11) is 0. The van der Waals surface area contributed by atoms with Gasteiger partial charge in [0.1, 0.15) is 0 Å². The first kappa shape index (κ1) is 9.95. The second kappa shape index (κ2) is 3.48. The summed E-state index contributed by atoms with van der Waals surface area (Å²) in [5, 5.41) is 2.06. The second-order valence-electron chi connectivity index (χ2n) is 4.93. The van der Waals surface area contributed by atoms with Gasteiger partial charge in [-0.15, -0.1) is 0 Å². The first-order valence-corrected chi connectivity index (χ1v) is 6.34. The number of fused-ring (bicyclic) bond motifs is 3. The minimum Gasteiger partial charge on any atom is -0.294 e. The molecule has 1 aliphatic carbocycles. The van der Waals surface area contributed by atoms with E-state index < -0.39 is 0 Å². The highest BCUT2D eigenvalue weighted by atomic mass is 16.1. The van der Waals surface area contributed by atoms with Crippen molar-refractivity contribution in [3.05, 3.63) is 46.5 Å². The van der Waals surface area contributed by atoms with Gasteiger partial charge in [-0.05, 0) is 25.0 Å². The van der Waals surface area contributed by atoms with Crippen LogP contribution in [-0.4, -0.2) is 17.7 Å². The number of carbonyl (C=O) groups is 1. The number of para-hydroxylation sites is 1. The minimum atomic E-state index is 0.0445. The van der Waals surface area contributed by atoms with E-state index in [4.69, 9.17) is 0 Å². The zero-order valence-electron chi connectivity index (χ0n) is 9.89. The Bertz CT molecular complexity index is 740. The molecule has 1 saturated carbocycles. The van der Waals surface area contributed by atoms with Crippen molar-refractivity contribution >= 4 is 17.2 Å². The van der Waals surface area contributed by atoms with Crippen molar-refractivity contribution in [3.63, 3.8) is 0 Å². The van der Waals surface area contributed by atoms with E-state index in [0.717, 1.165) is 40.4 Å². The maximum absolute atomic E-state index is 11.9. The fraction of sp³-hybridized carbons (Fsp3) is 0.267. The number of nitrogens with zero attached hydrogens (tertiary/aromatic N) is 2. The number of carbonyl (C=O) groups excluding carboxylic acids is 1. The molecule has 3 nitrogen and oxygen atoms in total. The molecule has 0 spiro atoms. The van der Waals surface area contributed by atoms with Crippen LogP contribution in [0.5, 0.6) is 0 Å². The van der Waals surface area contributed by atoms with Crippen LogP contribution in [0.1, 0.15) is 19.3 Å². The Morgan fingerprint density at radius 1 is 1.22 bits per heavy atom. The lowest BCUT2D eigenvalue weighted by Gasteiger charge is -2.24. The summed E-state index contributed by atoms with van der Waals surface area (Å²) < 4.78 is 0. The molecule has 18 heavy (non-hydrogen) atoms. The minimum absolute atomic E-state index is 0.0445. The Balaban J connectivity index is 2.00. The quantitative estimate of drug-likeness (QED) is 0.660. The lowest BCUT2D eigenvalue weighted by Crippen LogP contribution is -2.27. The Hall–Kier alpha value is -2.03. The Labute approximate surface area is 104 Å². The molecule has 3 heteroatoms. The van der Waals surface area contributed by atoms with Gasteiger partial charge in [0.15, 0.2) is 11.6 Å². The molecular weight excluding hydrogens is 224 g/mol. The van der Waals surface area contributed by atoms with Crippen LogP contribution in [0.4, 0.5) is 0 Å². The average Bonchev–Trinajstić information content (AvgIpc) is 2.75. The molecule has 0 amide bonds. The van der Waals surface area contributed by atoms with Crippen LogP contribution < -0.4 is 10.6 Å². The number of Topliss-reactive ketones (excluding diaryl/α,β-unsaturated/α-hetero) is 1. The highest BCUT2D eigenvalue weighted by Gasteiger charge is 2.30. The van der Waals surface area contributed by atoms with E-state index in [9.17, 15) is 4.79 Å². The average molecular weight is 236 g/mol. The molecule has 2 aliphatic heterocycles. The summed E-state index contributed by atoms with van der Waals surface area (Å²) in [6.07, 6.45) is 4.60. The van der Waals surface area contributed by atoms with E-state index in [2.05, 4.69) is 9.98 Å². The third kappa shape index (κ3) is 1.27. The monoisotopic (exact) mass is 236 g/mol. The van der Waals surface area contributed by atoms with Gasteiger partial charge >= 0.3 is 0 Å². The predicted octanol–water partition coefficient (Wildman–Crippen LogP) is 0.931. The lowest BCUT2D eigenvalue weighted by atomic mass is 9.86. The molecule has 4 rings (SSSR count). The van der Waals surface area contributed by atoms with Crippen LogP contribution >= 0.6 is 0 Å². The summed E-state index contributed by atoms with van der Waals surface area (Å²) in [6.45, 7) is 0. The third-order valence-electron chi connectivity index (χ3n) is 3.80. The van der Waals surface area contributed by atoms with E-state index in [-0.39, 0.29) is 11.8 Å². The number of hydrogen-bond acceptors (Lipinski definition) is 3. The SMILES string of the molecule is O=C1CCCC2N=C3N=c4ccccc4=C3C=C12. The van der Waals surface area contributed by atoms with Crippen LogP contribution in [0.25, 0.3) is 5.57 Å². The molecule has 1 fully saturated rings. The summed E-state index contributed by atoms with van der Waals surface area (Å²) in [5.41, 5.74) is 1.90. The maximum atomic E-state index is 11.9. The Kier molecular flexibility index (Phi) is 1.92. The highest BCUT2D eigenvalue weighted by Crippen LogP contribution is 2.29. The molecule has 0 radical (unpaired) electrons. The van der Waals surface area contributed by atoms with Crippen molar-refractivity contribution < 1.29 is 4.79 Å². The summed E-state index contributed by atoms with van der Waals surface area (Å²) >= 11 is 0. The van der Waals surface area contributed by atoms with Crippen molar-refractivity contribution in [1.82, 2.24) is 0 Å². The van der Waals surface area contributed by atoms with Gasteiger partial charge in [-0.3, -0.25) is 9.79 Å². The van der Waals surface area contributed by atoms with Gasteiger partial charge in [-0.25, -0.2) is 4.99 Å². The van der Waals surface area contributed by atoms with Gasteiger partial charge in [-0.2, -0.15) is 0 Å². The van der Waals surface area contributed by atoms with E-state index in [0.29, 0.717) is 6.42 Å². The van der Waals surface area contributed by atoms with Gasteiger partial charge in [0, 0.05) is 22.8 Å². The van der Waals surface area contributed by atoms with Crippen LogP contribution in [0.3, 0.4) is 0 Å². The van der Waals surface area contributed by atoms with Crippen LogP contribution in [0, 0.1) is 0 Å². The smallest absolute Gasteiger partial charge is 0.161 e. The normalized spacial score (nSPS) is 24.6. The molecule has 0 bridgehead atoms. The number of dihydropyridines is 1. The fourth-order valence-corrected chi connectivity index (χ4v) is 2.89. The first-order valence-electron chi connectivity index (χ1n) is 6.34. The maximum Gasteiger partial charge on any atom is 0.161 e. The van der Waals surface area contributed by atoms with Crippen molar-refractivity contribution in [3.8, 4) is 0 Å². The number of hydrogen-bond donors (Lipinski definition) is 0. The second-order valence-corrected chi connectivity index (χ2v) is 4.93. The van der Waals surface area contributed by atoms with Gasteiger partial charge in [0.25, 0.3) is 0 Å². The number of benzene rings is 1. The molecule has 1 aromatic rings. The van der Waals surface area contributed by atoms with Crippen molar-refractivity contribution in [1.29, 1.82) is 0 Å². The summed E-state index contributed by atoms with van der Waals surface area (Å²) in [5.74, 6) is 1.06. The topological polar surface area (TPSA) is 41.8 Å². The molecule has 0 N–H and O–H groups in total. The molecule has 88 valence electrons. The van der Waals surface area contributed by atoms with Gasteiger partial charge in [0.2, 0.25) is 0 Å². The van der Waals surface area contributed by atoms with Gasteiger partial charge in [-0.1, -0.05) is 18.2 Å². The molecular formula is C15H12N2O. The summed E-state index contributed by atoms with van der Waals surface area (Å²) in [6, 6.07) is 8.06. The molecule has 1 unspecified atom stereocenters. The van der Waals surface area contributed by atoms with Crippen LogP contribution in [-0.2, 0) is 4.79 Å². The molecule has 3 aliphatic rings. The first-order chi connectivity index (χ1) is 8.83. The van der Waals surface area contributed by atoms with Crippen LogP contribution in [0.15, 0.2) is 45.9 Å². The fourth-order valence-electron chi connectivity index (χ4n) is 2.89. The number of amidine groups is 1. The Morgan fingerprint density at radius 3 is 3.06 bits per heavy atom. The summed E-state index contributed by atoms with van der Waals surface area (Å²) in [4.78, 5) is 21.1. The number of ketones is 1.